The summed E-state index contributed by atoms with van der Waals surface area (Å²) in [5.74, 6) is -0.0188. The van der Waals surface area contributed by atoms with Gasteiger partial charge in [0.2, 0.25) is 0 Å². The summed E-state index contributed by atoms with van der Waals surface area (Å²) in [7, 11) is 0. The number of rotatable bonds is 9. The molecule has 2 atom stereocenters. The van der Waals surface area contributed by atoms with E-state index in [0.29, 0.717) is 24.2 Å². The first-order valence-electron chi connectivity index (χ1n) is 9.03. The van der Waals surface area contributed by atoms with Crippen LogP contribution in [0.5, 0.6) is 0 Å². The monoisotopic (exact) mass is 339 g/mol. The second-order valence-electron chi connectivity index (χ2n) is 6.72. The number of carbonyl (C=O) groups is 2. The molecule has 0 aliphatic heterocycles. The van der Waals surface area contributed by atoms with Crippen molar-refractivity contribution in [3.63, 3.8) is 0 Å². The number of carboxylic acids is 1. The van der Waals surface area contributed by atoms with Crippen LogP contribution in [-0.2, 0) is 9.59 Å². The number of benzene rings is 1. The van der Waals surface area contributed by atoms with Crippen molar-refractivity contribution < 1.29 is 14.7 Å². The number of ketones is 1. The number of carboxylic acid groups (broad SMARTS) is 1. The molecule has 1 aromatic carbocycles. The van der Waals surface area contributed by atoms with Gasteiger partial charge in [-0.1, -0.05) is 43.5 Å². The van der Waals surface area contributed by atoms with Crippen molar-refractivity contribution in [2.45, 2.75) is 51.4 Å². The van der Waals surface area contributed by atoms with Gasteiger partial charge in [-0.15, -0.1) is 0 Å². The van der Waals surface area contributed by atoms with Crippen LogP contribution in [0, 0.1) is 23.2 Å². The minimum absolute atomic E-state index is 0.0925. The number of nitriles is 1. The predicted molar refractivity (Wildman–Crippen MR) is 96.7 cm³/mol. The number of allylic oxidation sites excluding steroid dienone is 1. The summed E-state index contributed by atoms with van der Waals surface area (Å²) in [5, 5.41) is 17.6. The zero-order valence-corrected chi connectivity index (χ0v) is 14.5. The fourth-order valence-electron chi connectivity index (χ4n) is 3.48. The van der Waals surface area contributed by atoms with Gasteiger partial charge in [0.25, 0.3) is 0 Å². The Hall–Kier alpha value is -2.41. The fraction of sp³-hybridized carbons (Fsp3) is 0.476. The highest BCUT2D eigenvalue weighted by molar-refractivity contribution is 5.84. The maximum absolute atomic E-state index is 12.2. The minimum atomic E-state index is -0.739. The zero-order valence-electron chi connectivity index (χ0n) is 14.5. The topological polar surface area (TPSA) is 78.2 Å². The average molecular weight is 339 g/mol. The first kappa shape index (κ1) is 18.9. The highest BCUT2D eigenvalue weighted by Crippen LogP contribution is 2.34. The third-order valence-electron chi connectivity index (χ3n) is 4.86. The Morgan fingerprint density at radius 2 is 2.08 bits per heavy atom. The number of unbranched alkanes of at least 4 members (excludes halogenated alkanes) is 3. The minimum Gasteiger partial charge on any atom is -0.481 e. The first-order valence-corrected chi connectivity index (χ1v) is 9.03. The van der Waals surface area contributed by atoms with Crippen molar-refractivity contribution in [2.75, 3.05) is 0 Å². The first-order chi connectivity index (χ1) is 12.1. The molecule has 2 rings (SSSR count). The summed E-state index contributed by atoms with van der Waals surface area (Å²) >= 11 is 0. The molecular weight excluding hydrogens is 314 g/mol. The van der Waals surface area contributed by atoms with Crippen molar-refractivity contribution >= 4 is 17.8 Å². The number of carbonyl (C=O) groups excluding carboxylic acids is 1. The summed E-state index contributed by atoms with van der Waals surface area (Å²) in [6.07, 6.45) is 10.4. The number of Topliss-reactive ketones (excluding diaryl/α,β-unsaturated/α-hetero) is 1. The van der Waals surface area contributed by atoms with Gasteiger partial charge in [0.1, 0.15) is 5.78 Å². The maximum atomic E-state index is 12.2. The molecule has 25 heavy (non-hydrogen) atoms. The Bertz CT molecular complexity index is 672. The Morgan fingerprint density at radius 3 is 2.84 bits per heavy atom. The Balaban J connectivity index is 1.83. The van der Waals surface area contributed by atoms with E-state index in [-0.39, 0.29) is 18.3 Å². The summed E-state index contributed by atoms with van der Waals surface area (Å²) in [5.41, 5.74) is 1.63. The van der Waals surface area contributed by atoms with Crippen molar-refractivity contribution in [1.82, 2.24) is 0 Å². The molecule has 132 valence electrons. The lowest BCUT2D eigenvalue weighted by molar-refractivity contribution is -0.137. The van der Waals surface area contributed by atoms with Gasteiger partial charge in [0.05, 0.1) is 11.6 Å². The molecule has 0 saturated heterocycles. The Kier molecular flexibility index (Phi) is 7.40. The van der Waals surface area contributed by atoms with E-state index in [4.69, 9.17) is 10.4 Å². The SMILES string of the molecule is N#Cc1cccc(C=C[C@H]2CCC(=O)[C@@H]2CCCCCCC(=O)O)c1. The molecule has 1 fully saturated rings. The van der Waals surface area contributed by atoms with Crippen LogP contribution in [-0.4, -0.2) is 16.9 Å². The van der Waals surface area contributed by atoms with Gasteiger partial charge in [0, 0.05) is 18.8 Å². The second kappa shape index (κ2) is 9.78. The third-order valence-corrected chi connectivity index (χ3v) is 4.86. The number of aliphatic carboxylic acids is 1. The standard InChI is InChI=1S/C21H25NO3/c22-15-17-7-5-6-16(14-17)10-11-18-12-13-20(23)19(18)8-3-1-2-4-9-21(24)25/h5-7,10-11,14,18-19H,1-4,8-9,12-13H2,(H,24,25)/t18-,19+/m0/s1. The van der Waals surface area contributed by atoms with Gasteiger partial charge in [-0.2, -0.15) is 5.26 Å². The van der Waals surface area contributed by atoms with Crippen LogP contribution in [0.3, 0.4) is 0 Å². The van der Waals surface area contributed by atoms with E-state index in [9.17, 15) is 9.59 Å². The molecule has 0 unspecified atom stereocenters. The van der Waals surface area contributed by atoms with Crippen LogP contribution >= 0.6 is 0 Å². The van der Waals surface area contributed by atoms with Crippen LogP contribution in [0.4, 0.5) is 0 Å². The van der Waals surface area contributed by atoms with Crippen molar-refractivity contribution in [3.8, 4) is 6.07 Å². The van der Waals surface area contributed by atoms with E-state index in [2.05, 4.69) is 12.1 Å². The molecule has 1 aromatic rings. The molecule has 1 saturated carbocycles. The zero-order chi connectivity index (χ0) is 18.1. The number of nitrogens with zero attached hydrogens (tertiary/aromatic N) is 1. The summed E-state index contributed by atoms with van der Waals surface area (Å²) < 4.78 is 0. The quantitative estimate of drug-likeness (QED) is 0.667. The summed E-state index contributed by atoms with van der Waals surface area (Å²) in [4.78, 5) is 22.6. The smallest absolute Gasteiger partial charge is 0.303 e. The van der Waals surface area contributed by atoms with E-state index in [1.165, 1.54) is 0 Å². The molecule has 4 heteroatoms. The van der Waals surface area contributed by atoms with E-state index in [1.54, 1.807) is 6.07 Å². The molecule has 0 bridgehead atoms. The van der Waals surface area contributed by atoms with Crippen LogP contribution < -0.4 is 0 Å². The summed E-state index contributed by atoms with van der Waals surface area (Å²) in [6, 6.07) is 9.60. The van der Waals surface area contributed by atoms with Gasteiger partial charge in [-0.25, -0.2) is 0 Å². The summed E-state index contributed by atoms with van der Waals surface area (Å²) in [6.45, 7) is 0. The van der Waals surface area contributed by atoms with Gasteiger partial charge >= 0.3 is 5.97 Å². The highest BCUT2D eigenvalue weighted by atomic mass is 16.4. The van der Waals surface area contributed by atoms with Crippen molar-refractivity contribution in [2.24, 2.45) is 11.8 Å². The number of hydrogen-bond donors (Lipinski definition) is 1. The third kappa shape index (κ3) is 6.19. The molecule has 0 amide bonds. The number of hydrogen-bond acceptors (Lipinski definition) is 3. The normalized spacial score (nSPS) is 20.0. The van der Waals surface area contributed by atoms with Crippen LogP contribution in [0.2, 0.25) is 0 Å². The molecular formula is C21H25NO3. The molecule has 1 N–H and O–H groups in total. The molecule has 1 aliphatic carbocycles. The van der Waals surface area contributed by atoms with Crippen molar-refractivity contribution in [3.05, 3.63) is 41.5 Å². The molecule has 0 heterocycles. The van der Waals surface area contributed by atoms with Crippen LogP contribution in [0.25, 0.3) is 6.08 Å². The fourth-order valence-corrected chi connectivity index (χ4v) is 3.48. The largest absolute Gasteiger partial charge is 0.481 e. The van der Waals surface area contributed by atoms with Gasteiger partial charge in [0.15, 0.2) is 0 Å². The van der Waals surface area contributed by atoms with Gasteiger partial charge in [-0.3, -0.25) is 9.59 Å². The Labute approximate surface area is 149 Å². The lowest BCUT2D eigenvalue weighted by Gasteiger charge is -2.14. The predicted octanol–water partition coefficient (Wildman–Crippen LogP) is 4.59. The molecule has 1 aliphatic rings. The van der Waals surface area contributed by atoms with E-state index in [1.807, 2.05) is 24.3 Å². The van der Waals surface area contributed by atoms with Gasteiger partial charge in [-0.05, 0) is 42.9 Å². The van der Waals surface area contributed by atoms with E-state index in [0.717, 1.165) is 37.7 Å². The van der Waals surface area contributed by atoms with E-state index >= 15 is 0 Å². The molecule has 0 aromatic heterocycles. The van der Waals surface area contributed by atoms with Crippen LogP contribution in [0.15, 0.2) is 30.3 Å². The lowest BCUT2D eigenvalue weighted by atomic mass is 9.89. The van der Waals surface area contributed by atoms with E-state index < -0.39 is 5.97 Å². The average Bonchev–Trinajstić information content (AvgIpc) is 2.96. The van der Waals surface area contributed by atoms with Gasteiger partial charge < -0.3 is 5.11 Å². The molecule has 4 nitrogen and oxygen atoms in total. The molecule has 0 spiro atoms. The second-order valence-corrected chi connectivity index (χ2v) is 6.72. The lowest BCUT2D eigenvalue weighted by Crippen LogP contribution is -2.13. The highest BCUT2D eigenvalue weighted by Gasteiger charge is 2.32. The Morgan fingerprint density at radius 1 is 1.28 bits per heavy atom. The maximum Gasteiger partial charge on any atom is 0.303 e. The van der Waals surface area contributed by atoms with Crippen LogP contribution in [0.1, 0.15) is 62.5 Å². The van der Waals surface area contributed by atoms with Crippen molar-refractivity contribution in [1.29, 1.82) is 5.26 Å². The molecule has 0 radical (unpaired) electrons.